The molecule has 1 aliphatic heterocycles. The van der Waals surface area contributed by atoms with Crippen LogP contribution in [0.5, 0.6) is 0 Å². The largest absolute Gasteiger partial charge is 0.397 e. The predicted molar refractivity (Wildman–Crippen MR) is 107 cm³/mol. The lowest BCUT2D eigenvalue weighted by molar-refractivity contribution is 0.208. The van der Waals surface area contributed by atoms with Crippen molar-refractivity contribution in [2.24, 2.45) is 0 Å². The summed E-state index contributed by atoms with van der Waals surface area (Å²) in [4.78, 5) is 7.12. The molecule has 0 amide bonds. The van der Waals surface area contributed by atoms with Crippen molar-refractivity contribution in [2.45, 2.75) is 32.4 Å². The van der Waals surface area contributed by atoms with Gasteiger partial charge in [-0.15, -0.1) is 11.3 Å². The molecular formula is C20H24N4S. The Morgan fingerprint density at radius 3 is 2.96 bits per heavy atom. The fourth-order valence-corrected chi connectivity index (χ4v) is 4.47. The van der Waals surface area contributed by atoms with Gasteiger partial charge in [-0.1, -0.05) is 30.3 Å². The highest BCUT2D eigenvalue weighted by molar-refractivity contribution is 7.18. The number of piperidine rings is 1. The van der Waals surface area contributed by atoms with E-state index in [9.17, 15) is 0 Å². The van der Waals surface area contributed by atoms with Gasteiger partial charge in [-0.25, -0.2) is 4.98 Å². The minimum absolute atomic E-state index is 0.428. The molecule has 1 aliphatic rings. The molecule has 0 radical (unpaired) electrons. The fraction of sp³-hybridized carbons (Fsp3) is 0.350. The Labute approximate surface area is 152 Å². The maximum atomic E-state index is 6.27. The number of aromatic nitrogens is 1. The van der Waals surface area contributed by atoms with Crippen molar-refractivity contribution in [3.63, 3.8) is 0 Å². The molecule has 1 aromatic heterocycles. The van der Waals surface area contributed by atoms with E-state index in [2.05, 4.69) is 51.6 Å². The minimum atomic E-state index is 0.428. The zero-order valence-corrected chi connectivity index (χ0v) is 15.4. The van der Waals surface area contributed by atoms with Gasteiger partial charge < -0.3 is 11.1 Å². The second-order valence-electron chi connectivity index (χ2n) is 6.84. The van der Waals surface area contributed by atoms with E-state index < -0.39 is 0 Å². The Hall–Kier alpha value is -2.11. The van der Waals surface area contributed by atoms with Gasteiger partial charge in [-0.05, 0) is 44.0 Å². The Morgan fingerprint density at radius 1 is 1.28 bits per heavy atom. The number of nitrogens with two attached hydrogens (primary N) is 1. The van der Waals surface area contributed by atoms with Gasteiger partial charge >= 0.3 is 0 Å². The first-order valence-electron chi connectivity index (χ1n) is 8.87. The third kappa shape index (κ3) is 3.78. The first-order valence-corrected chi connectivity index (χ1v) is 9.68. The van der Waals surface area contributed by atoms with Crippen molar-refractivity contribution in [3.8, 4) is 0 Å². The van der Waals surface area contributed by atoms with E-state index in [0.717, 1.165) is 46.2 Å². The lowest BCUT2D eigenvalue weighted by atomic mass is 10.0. The molecule has 1 fully saturated rings. The number of rotatable bonds is 4. The first kappa shape index (κ1) is 16.4. The molecule has 4 rings (SSSR count). The lowest BCUT2D eigenvalue weighted by Crippen LogP contribution is -2.41. The van der Waals surface area contributed by atoms with Crippen LogP contribution in [0.3, 0.4) is 0 Å². The Morgan fingerprint density at radius 2 is 2.12 bits per heavy atom. The second-order valence-corrected chi connectivity index (χ2v) is 8.08. The molecule has 1 saturated heterocycles. The molecule has 25 heavy (non-hydrogen) atoms. The second kappa shape index (κ2) is 7.02. The van der Waals surface area contributed by atoms with Crippen LogP contribution in [0.4, 0.5) is 11.4 Å². The van der Waals surface area contributed by atoms with E-state index in [1.54, 1.807) is 11.3 Å². The van der Waals surface area contributed by atoms with Gasteiger partial charge in [0.1, 0.15) is 0 Å². The normalized spacial score (nSPS) is 18.5. The van der Waals surface area contributed by atoms with Crippen molar-refractivity contribution in [2.75, 3.05) is 24.1 Å². The van der Waals surface area contributed by atoms with E-state index in [1.165, 1.54) is 18.4 Å². The number of likely N-dealkylation sites (tertiary alicyclic amines) is 1. The van der Waals surface area contributed by atoms with E-state index >= 15 is 0 Å². The third-order valence-corrected chi connectivity index (χ3v) is 5.71. The first-order chi connectivity index (χ1) is 12.2. The van der Waals surface area contributed by atoms with Gasteiger partial charge in [0.05, 0.1) is 26.6 Å². The molecule has 2 heterocycles. The average molecular weight is 353 g/mol. The van der Waals surface area contributed by atoms with Gasteiger partial charge in [0.15, 0.2) is 0 Å². The molecule has 0 aliphatic carbocycles. The Balaban J connectivity index is 1.46. The SMILES string of the molecule is Cc1nc2cc(NC3CCCN(Cc4ccccc4)C3)c(N)cc2s1. The van der Waals surface area contributed by atoms with E-state index in [4.69, 9.17) is 5.73 Å². The number of nitrogens with zero attached hydrogens (tertiary/aromatic N) is 2. The molecule has 1 atom stereocenters. The van der Waals surface area contributed by atoms with Crippen LogP contribution in [0.2, 0.25) is 0 Å². The number of nitrogen functional groups attached to an aromatic ring is 1. The van der Waals surface area contributed by atoms with Crippen LogP contribution in [-0.4, -0.2) is 29.0 Å². The molecule has 1 unspecified atom stereocenters. The van der Waals surface area contributed by atoms with Crippen molar-refractivity contribution >= 4 is 32.9 Å². The molecule has 2 aromatic carbocycles. The molecular weight excluding hydrogens is 328 g/mol. The number of hydrogen-bond acceptors (Lipinski definition) is 5. The highest BCUT2D eigenvalue weighted by Gasteiger charge is 2.20. The topological polar surface area (TPSA) is 54.2 Å². The smallest absolute Gasteiger partial charge is 0.0907 e. The molecule has 3 aromatic rings. The number of fused-ring (bicyclic) bond motifs is 1. The van der Waals surface area contributed by atoms with Crippen LogP contribution in [-0.2, 0) is 6.54 Å². The summed E-state index contributed by atoms with van der Waals surface area (Å²) < 4.78 is 1.16. The molecule has 0 spiro atoms. The highest BCUT2D eigenvalue weighted by Crippen LogP contribution is 2.31. The molecule has 3 N–H and O–H groups in total. The summed E-state index contributed by atoms with van der Waals surface area (Å²) in [5, 5.41) is 4.75. The summed E-state index contributed by atoms with van der Waals surface area (Å²) in [5.74, 6) is 0. The lowest BCUT2D eigenvalue weighted by Gasteiger charge is -2.34. The molecule has 0 bridgehead atoms. The maximum absolute atomic E-state index is 6.27. The van der Waals surface area contributed by atoms with Crippen LogP contribution in [0.1, 0.15) is 23.4 Å². The minimum Gasteiger partial charge on any atom is -0.397 e. The van der Waals surface area contributed by atoms with Crippen LogP contribution >= 0.6 is 11.3 Å². The standard InChI is InChI=1S/C20H24N4S/c1-14-22-19-11-18(17(21)10-20(19)25-14)23-16-8-5-9-24(13-16)12-15-6-3-2-4-7-15/h2-4,6-7,10-11,16,23H,5,8-9,12-13,21H2,1H3. The molecule has 5 heteroatoms. The van der Waals surface area contributed by atoms with Gasteiger partial charge in [0.2, 0.25) is 0 Å². The van der Waals surface area contributed by atoms with E-state index in [1.807, 2.05) is 13.0 Å². The van der Waals surface area contributed by atoms with Crippen LogP contribution < -0.4 is 11.1 Å². The zero-order valence-electron chi connectivity index (χ0n) is 14.5. The number of anilines is 2. The van der Waals surface area contributed by atoms with Crippen LogP contribution in [0, 0.1) is 6.92 Å². The van der Waals surface area contributed by atoms with Crippen LogP contribution in [0.25, 0.3) is 10.2 Å². The summed E-state index contributed by atoms with van der Waals surface area (Å²) in [6.45, 7) is 5.25. The van der Waals surface area contributed by atoms with E-state index in [0.29, 0.717) is 6.04 Å². The molecule has 130 valence electrons. The van der Waals surface area contributed by atoms with Crippen molar-refractivity contribution in [1.82, 2.24) is 9.88 Å². The maximum Gasteiger partial charge on any atom is 0.0907 e. The summed E-state index contributed by atoms with van der Waals surface area (Å²) in [7, 11) is 0. The Kier molecular flexibility index (Phi) is 4.59. The van der Waals surface area contributed by atoms with Gasteiger partial charge in [0.25, 0.3) is 0 Å². The highest BCUT2D eigenvalue weighted by atomic mass is 32.1. The number of nitrogens with one attached hydrogen (secondary N) is 1. The third-order valence-electron chi connectivity index (χ3n) is 4.78. The average Bonchev–Trinajstić information content (AvgIpc) is 2.95. The summed E-state index contributed by atoms with van der Waals surface area (Å²) in [6, 6.07) is 15.3. The predicted octanol–water partition coefficient (Wildman–Crippen LogP) is 4.26. The molecule has 4 nitrogen and oxygen atoms in total. The van der Waals surface area contributed by atoms with Crippen molar-refractivity contribution < 1.29 is 0 Å². The van der Waals surface area contributed by atoms with Gasteiger partial charge in [-0.3, -0.25) is 4.90 Å². The summed E-state index contributed by atoms with van der Waals surface area (Å²) >= 11 is 1.70. The van der Waals surface area contributed by atoms with Gasteiger partial charge in [-0.2, -0.15) is 0 Å². The zero-order chi connectivity index (χ0) is 17.2. The Bertz CT molecular complexity index is 859. The number of aryl methyl sites for hydroxylation is 1. The van der Waals surface area contributed by atoms with Gasteiger partial charge in [0, 0.05) is 19.1 Å². The summed E-state index contributed by atoms with van der Waals surface area (Å²) in [6.07, 6.45) is 2.39. The quantitative estimate of drug-likeness (QED) is 0.689. The summed E-state index contributed by atoms with van der Waals surface area (Å²) in [5.41, 5.74) is 10.5. The van der Waals surface area contributed by atoms with E-state index in [-0.39, 0.29) is 0 Å². The molecule has 0 saturated carbocycles. The number of thiazole rings is 1. The fourth-order valence-electron chi connectivity index (χ4n) is 3.61. The number of hydrogen-bond donors (Lipinski definition) is 2. The van der Waals surface area contributed by atoms with Crippen LogP contribution in [0.15, 0.2) is 42.5 Å². The van der Waals surface area contributed by atoms with Crippen molar-refractivity contribution in [3.05, 3.63) is 53.0 Å². The van der Waals surface area contributed by atoms with Crippen molar-refractivity contribution in [1.29, 1.82) is 0 Å². The monoisotopic (exact) mass is 352 g/mol. The number of benzene rings is 2.